The van der Waals surface area contributed by atoms with E-state index in [1.54, 1.807) is 12.1 Å². The van der Waals surface area contributed by atoms with Crippen molar-refractivity contribution in [2.45, 2.75) is 32.0 Å². The summed E-state index contributed by atoms with van der Waals surface area (Å²) in [4.78, 5) is 15.8. The van der Waals surface area contributed by atoms with Crippen LogP contribution in [-0.2, 0) is 6.54 Å². The fourth-order valence-corrected chi connectivity index (χ4v) is 3.27. The van der Waals surface area contributed by atoms with Gasteiger partial charge in [0, 0.05) is 19.6 Å². The Kier molecular flexibility index (Phi) is 6.22. The van der Waals surface area contributed by atoms with Gasteiger partial charge in [-0.25, -0.2) is 0 Å². The first-order valence-corrected chi connectivity index (χ1v) is 7.02. The van der Waals surface area contributed by atoms with E-state index in [0.717, 1.165) is 13.1 Å². The molecule has 0 N–H and O–H groups in total. The van der Waals surface area contributed by atoms with Gasteiger partial charge >= 0.3 is 51.4 Å². The SMILES string of the molecule is O=C([O-])c1ccc(CN2CCCN3CCCC32)cc1.[K+]. The number of hydrogen-bond acceptors (Lipinski definition) is 4. The molecule has 1 aromatic rings. The molecule has 1 unspecified atom stereocenters. The second-order valence-electron chi connectivity index (χ2n) is 5.47. The van der Waals surface area contributed by atoms with Crippen LogP contribution in [0, 0.1) is 0 Å². The van der Waals surface area contributed by atoms with Crippen LogP contribution in [-0.4, -0.2) is 41.6 Å². The van der Waals surface area contributed by atoms with Gasteiger partial charge in [-0.15, -0.1) is 0 Å². The van der Waals surface area contributed by atoms with E-state index in [2.05, 4.69) is 9.80 Å². The van der Waals surface area contributed by atoms with Crippen LogP contribution in [0.1, 0.15) is 35.2 Å². The van der Waals surface area contributed by atoms with Gasteiger partial charge in [-0.05, 0) is 36.9 Å². The Balaban J connectivity index is 0.00000147. The molecule has 2 aliphatic heterocycles. The molecule has 0 aromatic heterocycles. The van der Waals surface area contributed by atoms with Crippen molar-refractivity contribution in [2.75, 3.05) is 19.6 Å². The number of aromatic carboxylic acids is 1. The Morgan fingerprint density at radius 1 is 1.15 bits per heavy atom. The molecule has 0 bridgehead atoms. The maximum absolute atomic E-state index is 10.7. The van der Waals surface area contributed by atoms with Gasteiger partial charge in [-0.3, -0.25) is 9.80 Å². The van der Waals surface area contributed by atoms with Gasteiger partial charge < -0.3 is 9.90 Å². The number of carbonyl (C=O) groups is 1. The molecule has 2 aliphatic rings. The summed E-state index contributed by atoms with van der Waals surface area (Å²) in [5, 5.41) is 10.7. The number of carbonyl (C=O) groups excluding carboxylic acids is 1. The molecule has 20 heavy (non-hydrogen) atoms. The van der Waals surface area contributed by atoms with Gasteiger partial charge in [0.25, 0.3) is 0 Å². The molecule has 0 radical (unpaired) electrons. The molecule has 0 spiro atoms. The van der Waals surface area contributed by atoms with Gasteiger partial charge in [0.05, 0.1) is 12.1 Å². The first-order chi connectivity index (χ1) is 9.24. The van der Waals surface area contributed by atoms with Gasteiger partial charge in [-0.1, -0.05) is 24.3 Å². The zero-order valence-corrected chi connectivity index (χ0v) is 15.2. The Hall–Kier alpha value is 0.246. The van der Waals surface area contributed by atoms with Crippen molar-refractivity contribution in [1.82, 2.24) is 9.80 Å². The zero-order chi connectivity index (χ0) is 13.2. The number of fused-ring (bicyclic) bond motifs is 1. The van der Waals surface area contributed by atoms with Crippen LogP contribution in [0.4, 0.5) is 0 Å². The van der Waals surface area contributed by atoms with Crippen molar-refractivity contribution in [2.24, 2.45) is 0 Å². The van der Waals surface area contributed by atoms with E-state index in [1.165, 1.54) is 37.9 Å². The molecule has 3 rings (SSSR count). The molecule has 2 heterocycles. The number of rotatable bonds is 3. The summed E-state index contributed by atoms with van der Waals surface area (Å²) >= 11 is 0. The van der Waals surface area contributed by atoms with Crippen molar-refractivity contribution in [3.63, 3.8) is 0 Å². The van der Waals surface area contributed by atoms with E-state index in [0.29, 0.717) is 6.17 Å². The average molecular weight is 298 g/mol. The summed E-state index contributed by atoms with van der Waals surface area (Å²) in [6.45, 7) is 4.51. The van der Waals surface area contributed by atoms with Crippen LogP contribution in [0.2, 0.25) is 0 Å². The first kappa shape index (κ1) is 16.6. The normalized spacial score (nSPS) is 23.1. The van der Waals surface area contributed by atoms with E-state index in [9.17, 15) is 9.90 Å². The van der Waals surface area contributed by atoms with Crippen molar-refractivity contribution in [1.29, 1.82) is 0 Å². The predicted molar refractivity (Wildman–Crippen MR) is 70.4 cm³/mol. The Morgan fingerprint density at radius 2 is 1.85 bits per heavy atom. The van der Waals surface area contributed by atoms with E-state index < -0.39 is 5.97 Å². The number of carboxylic acid groups (broad SMARTS) is 1. The molecule has 0 saturated carbocycles. The standard InChI is InChI=1S/C15H20N2O2.K/c18-15(19)13-6-4-12(5-7-13)11-17-10-2-9-16-8-1-3-14(16)17;/h4-7,14H,1-3,8-11H2,(H,18,19);/q;+1/p-1. The molecular formula is C15H19KN2O2. The maximum Gasteiger partial charge on any atom is 1.00 e. The second kappa shape index (κ2) is 7.49. The summed E-state index contributed by atoms with van der Waals surface area (Å²) in [6.07, 6.45) is 4.38. The maximum atomic E-state index is 10.7. The number of carboxylic acids is 1. The summed E-state index contributed by atoms with van der Waals surface area (Å²) < 4.78 is 0. The Labute approximate surface area is 162 Å². The van der Waals surface area contributed by atoms with Crippen molar-refractivity contribution in [3.05, 3.63) is 35.4 Å². The number of nitrogens with zero attached hydrogens (tertiary/aromatic N) is 2. The van der Waals surface area contributed by atoms with Crippen molar-refractivity contribution in [3.8, 4) is 0 Å². The van der Waals surface area contributed by atoms with Crippen molar-refractivity contribution >= 4 is 5.97 Å². The fourth-order valence-electron chi connectivity index (χ4n) is 3.27. The van der Waals surface area contributed by atoms with Gasteiger partial charge in [-0.2, -0.15) is 0 Å². The average Bonchev–Trinajstić information content (AvgIpc) is 2.89. The minimum atomic E-state index is -1.11. The van der Waals surface area contributed by atoms with Crippen molar-refractivity contribution < 1.29 is 61.3 Å². The van der Waals surface area contributed by atoms with Gasteiger partial charge in [0.1, 0.15) is 0 Å². The van der Waals surface area contributed by atoms with Crippen LogP contribution >= 0.6 is 0 Å². The molecule has 2 saturated heterocycles. The van der Waals surface area contributed by atoms with Crippen LogP contribution < -0.4 is 56.5 Å². The molecule has 0 aliphatic carbocycles. The third kappa shape index (κ3) is 3.71. The van der Waals surface area contributed by atoms with Crippen LogP contribution in [0.5, 0.6) is 0 Å². The molecule has 1 aromatic carbocycles. The van der Waals surface area contributed by atoms with Gasteiger partial charge in [0.2, 0.25) is 0 Å². The van der Waals surface area contributed by atoms with Crippen LogP contribution in [0.15, 0.2) is 24.3 Å². The third-order valence-electron chi connectivity index (χ3n) is 4.22. The molecule has 5 heteroatoms. The third-order valence-corrected chi connectivity index (χ3v) is 4.22. The minimum Gasteiger partial charge on any atom is -0.545 e. The van der Waals surface area contributed by atoms with E-state index in [4.69, 9.17) is 0 Å². The van der Waals surface area contributed by atoms with Gasteiger partial charge in [0.15, 0.2) is 0 Å². The molecule has 102 valence electrons. The van der Waals surface area contributed by atoms with Crippen LogP contribution in [0.3, 0.4) is 0 Å². The first-order valence-electron chi connectivity index (χ1n) is 7.02. The molecular weight excluding hydrogens is 279 g/mol. The van der Waals surface area contributed by atoms with Crippen LogP contribution in [0.25, 0.3) is 0 Å². The molecule has 4 nitrogen and oxygen atoms in total. The quantitative estimate of drug-likeness (QED) is 0.588. The monoisotopic (exact) mass is 298 g/mol. The number of hydrogen-bond donors (Lipinski definition) is 0. The molecule has 1 atom stereocenters. The number of benzene rings is 1. The Bertz CT molecular complexity index is 463. The molecule has 0 amide bonds. The van der Waals surface area contributed by atoms with E-state index in [-0.39, 0.29) is 56.9 Å². The van der Waals surface area contributed by atoms with E-state index >= 15 is 0 Å². The summed E-state index contributed by atoms with van der Waals surface area (Å²) in [5.41, 5.74) is 1.43. The topological polar surface area (TPSA) is 46.6 Å². The zero-order valence-electron chi connectivity index (χ0n) is 12.0. The van der Waals surface area contributed by atoms with E-state index in [1.807, 2.05) is 12.1 Å². The summed E-state index contributed by atoms with van der Waals surface area (Å²) in [6, 6.07) is 7.08. The summed E-state index contributed by atoms with van der Waals surface area (Å²) in [5.74, 6) is -1.11. The second-order valence-corrected chi connectivity index (χ2v) is 5.47. The summed E-state index contributed by atoms with van der Waals surface area (Å²) in [7, 11) is 0. The fraction of sp³-hybridized carbons (Fsp3) is 0.533. The predicted octanol–water partition coefficient (Wildman–Crippen LogP) is -2.32. The molecule has 2 fully saturated rings. The largest absolute Gasteiger partial charge is 1.00 e. The Morgan fingerprint density at radius 3 is 2.55 bits per heavy atom. The minimum absolute atomic E-state index is 0. The smallest absolute Gasteiger partial charge is 0.545 e.